The number of amides is 1. The predicted molar refractivity (Wildman–Crippen MR) is 96.9 cm³/mol. The number of nitrogens with one attached hydrogen (secondary N) is 1. The molecule has 25 heavy (non-hydrogen) atoms. The number of fused-ring (bicyclic) bond motifs is 1. The second-order valence-electron chi connectivity index (χ2n) is 5.79. The summed E-state index contributed by atoms with van der Waals surface area (Å²) in [4.78, 5) is 28.5. The number of anilines is 1. The Kier molecular flexibility index (Phi) is 4.79. The van der Waals surface area contributed by atoms with Crippen molar-refractivity contribution in [3.63, 3.8) is 0 Å². The molecular formula is C19H19N3O3. The molecule has 2 aromatic carbocycles. The maximum Gasteiger partial charge on any atom is 0.260 e. The van der Waals surface area contributed by atoms with Gasteiger partial charge in [0, 0.05) is 19.2 Å². The van der Waals surface area contributed by atoms with Gasteiger partial charge in [0.05, 0.1) is 24.3 Å². The quantitative estimate of drug-likeness (QED) is 0.776. The van der Waals surface area contributed by atoms with E-state index in [-0.39, 0.29) is 11.5 Å². The van der Waals surface area contributed by atoms with Crippen LogP contribution in [0.4, 0.5) is 5.69 Å². The average Bonchev–Trinajstić information content (AvgIpc) is 2.64. The molecule has 0 spiro atoms. The molecule has 6 nitrogen and oxygen atoms in total. The van der Waals surface area contributed by atoms with Gasteiger partial charge in [-0.2, -0.15) is 0 Å². The lowest BCUT2D eigenvalue weighted by Crippen LogP contribution is -2.17. The third-order valence-corrected chi connectivity index (χ3v) is 4.00. The Bertz CT molecular complexity index is 962. The Labute approximate surface area is 145 Å². The Morgan fingerprint density at radius 2 is 1.96 bits per heavy atom. The van der Waals surface area contributed by atoms with Crippen molar-refractivity contribution in [2.45, 2.75) is 12.8 Å². The molecule has 0 bridgehead atoms. The van der Waals surface area contributed by atoms with E-state index in [1.807, 2.05) is 24.3 Å². The fourth-order valence-electron chi connectivity index (χ4n) is 2.56. The van der Waals surface area contributed by atoms with Crippen LogP contribution < -0.4 is 15.6 Å². The molecule has 1 heterocycles. The molecule has 1 amide bonds. The van der Waals surface area contributed by atoms with Crippen LogP contribution in [-0.4, -0.2) is 22.6 Å². The molecule has 128 valence electrons. The standard InChI is InChI=1S/C19H19N3O3/c1-22-12-20-17-9-6-14(11-16(17)19(22)24)21-18(23)10-5-13-3-7-15(25-2)8-4-13/h3-4,6-9,11-12H,5,10H2,1-2H3,(H,21,23). The first kappa shape index (κ1) is 16.7. The molecule has 0 saturated heterocycles. The van der Waals surface area contributed by atoms with Gasteiger partial charge in [0.1, 0.15) is 5.75 Å². The normalized spacial score (nSPS) is 10.6. The molecule has 0 aliphatic carbocycles. The average molecular weight is 337 g/mol. The summed E-state index contributed by atoms with van der Waals surface area (Å²) >= 11 is 0. The molecule has 1 aromatic heterocycles. The fourth-order valence-corrected chi connectivity index (χ4v) is 2.56. The number of carbonyl (C=O) groups excluding carboxylic acids is 1. The second kappa shape index (κ2) is 7.17. The lowest BCUT2D eigenvalue weighted by Gasteiger charge is -2.07. The maximum atomic E-state index is 12.2. The van der Waals surface area contributed by atoms with Crippen molar-refractivity contribution in [2.24, 2.45) is 7.05 Å². The van der Waals surface area contributed by atoms with Crippen LogP contribution in [0.1, 0.15) is 12.0 Å². The summed E-state index contributed by atoms with van der Waals surface area (Å²) in [5.41, 5.74) is 2.13. The maximum absolute atomic E-state index is 12.2. The summed E-state index contributed by atoms with van der Waals surface area (Å²) in [6, 6.07) is 12.8. The SMILES string of the molecule is COc1ccc(CCC(=O)Nc2ccc3ncn(C)c(=O)c3c2)cc1. The third-order valence-electron chi connectivity index (χ3n) is 4.00. The summed E-state index contributed by atoms with van der Waals surface area (Å²) in [5.74, 6) is 0.690. The van der Waals surface area contributed by atoms with Crippen LogP contribution in [0.2, 0.25) is 0 Å². The topological polar surface area (TPSA) is 73.2 Å². The smallest absolute Gasteiger partial charge is 0.260 e. The molecule has 3 aromatic rings. The highest BCUT2D eigenvalue weighted by Gasteiger charge is 2.07. The zero-order chi connectivity index (χ0) is 17.8. The number of aryl methyl sites for hydroxylation is 2. The van der Waals surface area contributed by atoms with E-state index in [1.165, 1.54) is 10.9 Å². The minimum atomic E-state index is -0.140. The van der Waals surface area contributed by atoms with Crippen LogP contribution in [0.15, 0.2) is 53.6 Å². The second-order valence-corrected chi connectivity index (χ2v) is 5.79. The number of hydrogen-bond acceptors (Lipinski definition) is 4. The number of rotatable bonds is 5. The van der Waals surface area contributed by atoms with Gasteiger partial charge < -0.3 is 14.6 Å². The molecule has 1 N–H and O–H groups in total. The van der Waals surface area contributed by atoms with Gasteiger partial charge in [-0.3, -0.25) is 9.59 Å². The van der Waals surface area contributed by atoms with Crippen LogP contribution in [0.5, 0.6) is 5.75 Å². The first-order valence-electron chi connectivity index (χ1n) is 7.95. The van der Waals surface area contributed by atoms with E-state index in [2.05, 4.69) is 10.3 Å². The number of nitrogens with zero attached hydrogens (tertiary/aromatic N) is 2. The van der Waals surface area contributed by atoms with Crippen LogP contribution in [0.25, 0.3) is 10.9 Å². The first-order chi connectivity index (χ1) is 12.1. The lowest BCUT2D eigenvalue weighted by molar-refractivity contribution is -0.116. The number of methoxy groups -OCH3 is 1. The highest BCUT2D eigenvalue weighted by Crippen LogP contribution is 2.16. The number of aromatic nitrogens is 2. The number of carbonyl (C=O) groups is 1. The zero-order valence-electron chi connectivity index (χ0n) is 14.2. The zero-order valence-corrected chi connectivity index (χ0v) is 14.2. The Hall–Kier alpha value is -3.15. The van der Waals surface area contributed by atoms with E-state index in [1.54, 1.807) is 32.4 Å². The molecule has 6 heteroatoms. The van der Waals surface area contributed by atoms with E-state index in [4.69, 9.17) is 4.74 Å². The third kappa shape index (κ3) is 3.85. The molecule has 0 atom stereocenters. The summed E-state index contributed by atoms with van der Waals surface area (Å²) < 4.78 is 6.53. The fraction of sp³-hybridized carbons (Fsp3) is 0.211. The van der Waals surface area contributed by atoms with Crippen molar-refractivity contribution >= 4 is 22.5 Å². The summed E-state index contributed by atoms with van der Waals surface area (Å²) in [6.07, 6.45) is 2.47. The first-order valence-corrected chi connectivity index (χ1v) is 7.95. The van der Waals surface area contributed by atoms with Crippen molar-refractivity contribution in [1.29, 1.82) is 0 Å². The lowest BCUT2D eigenvalue weighted by atomic mass is 10.1. The van der Waals surface area contributed by atoms with Gasteiger partial charge in [-0.25, -0.2) is 4.98 Å². The van der Waals surface area contributed by atoms with Gasteiger partial charge in [-0.15, -0.1) is 0 Å². The van der Waals surface area contributed by atoms with Crippen molar-refractivity contribution < 1.29 is 9.53 Å². The van der Waals surface area contributed by atoms with E-state index in [0.29, 0.717) is 29.4 Å². The summed E-state index contributed by atoms with van der Waals surface area (Å²) in [5, 5.41) is 3.32. The van der Waals surface area contributed by atoms with Gasteiger partial charge in [-0.05, 0) is 42.3 Å². The summed E-state index contributed by atoms with van der Waals surface area (Å²) in [6.45, 7) is 0. The van der Waals surface area contributed by atoms with E-state index in [9.17, 15) is 9.59 Å². The van der Waals surface area contributed by atoms with Crippen molar-refractivity contribution in [3.05, 3.63) is 64.7 Å². The number of ether oxygens (including phenoxy) is 1. The number of benzene rings is 2. The summed E-state index contributed by atoms with van der Waals surface area (Å²) in [7, 11) is 3.27. The van der Waals surface area contributed by atoms with Crippen LogP contribution in [-0.2, 0) is 18.3 Å². The molecule has 3 rings (SSSR count). The van der Waals surface area contributed by atoms with E-state index in [0.717, 1.165) is 11.3 Å². The highest BCUT2D eigenvalue weighted by molar-refractivity contribution is 5.93. The van der Waals surface area contributed by atoms with Crippen molar-refractivity contribution in [2.75, 3.05) is 12.4 Å². The van der Waals surface area contributed by atoms with Gasteiger partial charge in [-0.1, -0.05) is 12.1 Å². The molecule has 0 unspecified atom stereocenters. The Balaban J connectivity index is 1.67. The minimum Gasteiger partial charge on any atom is -0.497 e. The Morgan fingerprint density at radius 3 is 2.68 bits per heavy atom. The van der Waals surface area contributed by atoms with Crippen molar-refractivity contribution in [1.82, 2.24) is 9.55 Å². The highest BCUT2D eigenvalue weighted by atomic mass is 16.5. The van der Waals surface area contributed by atoms with Gasteiger partial charge in [0.15, 0.2) is 0 Å². The molecule has 0 fully saturated rings. The van der Waals surface area contributed by atoms with Crippen LogP contribution in [0.3, 0.4) is 0 Å². The van der Waals surface area contributed by atoms with Gasteiger partial charge in [0.2, 0.25) is 5.91 Å². The van der Waals surface area contributed by atoms with Gasteiger partial charge >= 0.3 is 0 Å². The molecule has 0 aliphatic heterocycles. The van der Waals surface area contributed by atoms with Crippen molar-refractivity contribution in [3.8, 4) is 5.75 Å². The van der Waals surface area contributed by atoms with Crippen LogP contribution in [0, 0.1) is 0 Å². The van der Waals surface area contributed by atoms with Crippen LogP contribution >= 0.6 is 0 Å². The Morgan fingerprint density at radius 1 is 1.20 bits per heavy atom. The molecule has 0 radical (unpaired) electrons. The van der Waals surface area contributed by atoms with E-state index < -0.39 is 0 Å². The minimum absolute atomic E-state index is 0.101. The van der Waals surface area contributed by atoms with E-state index >= 15 is 0 Å². The molecule has 0 saturated carbocycles. The molecule has 0 aliphatic rings. The largest absolute Gasteiger partial charge is 0.497 e. The number of hydrogen-bond donors (Lipinski definition) is 1. The van der Waals surface area contributed by atoms with Gasteiger partial charge in [0.25, 0.3) is 5.56 Å². The molecular weight excluding hydrogens is 318 g/mol. The predicted octanol–water partition coefficient (Wildman–Crippen LogP) is 2.51. The monoisotopic (exact) mass is 337 g/mol.